The molecular formula is C19H27NO2. The molecule has 1 aliphatic heterocycles. The Hall–Kier alpha value is -1.58. The van der Waals surface area contributed by atoms with Crippen LogP contribution in [0.3, 0.4) is 0 Å². The summed E-state index contributed by atoms with van der Waals surface area (Å²) in [5.41, 5.74) is 2.01. The van der Waals surface area contributed by atoms with E-state index in [4.69, 9.17) is 0 Å². The summed E-state index contributed by atoms with van der Waals surface area (Å²) in [6.07, 6.45) is 7.04. The minimum Gasteiger partial charge on any atom is -0.622 e. The Bertz CT molecular complexity index is 630. The third kappa shape index (κ3) is 3.11. The minimum atomic E-state index is -0.644. The average Bonchev–Trinajstić information content (AvgIpc) is 2.36. The molecule has 0 amide bonds. The summed E-state index contributed by atoms with van der Waals surface area (Å²) < 4.78 is -0.644. The number of rotatable bonds is 1. The Labute approximate surface area is 133 Å². The van der Waals surface area contributed by atoms with E-state index in [1.807, 2.05) is 24.3 Å². The Balaban J connectivity index is 2.73. The standard InChI is InChI=1S/C19H27NO2/c1-18(2,3)14-12-15(19(4,5)6)17(21)16(13-14)20(22)10-8-7-9-11-20/h7-10,12-13,21H,11H2,1-6H3. The molecule has 0 spiro atoms. The first-order valence-corrected chi connectivity index (χ1v) is 7.77. The Morgan fingerprint density at radius 1 is 1.00 bits per heavy atom. The van der Waals surface area contributed by atoms with Crippen LogP contribution in [-0.4, -0.2) is 11.7 Å². The summed E-state index contributed by atoms with van der Waals surface area (Å²) in [6, 6.07) is 3.90. The molecule has 1 aromatic rings. The van der Waals surface area contributed by atoms with Gasteiger partial charge >= 0.3 is 0 Å². The number of hydrogen-bond donors (Lipinski definition) is 1. The number of allylic oxidation sites excluding steroid dienone is 2. The van der Waals surface area contributed by atoms with Gasteiger partial charge in [-0.1, -0.05) is 53.7 Å². The molecule has 0 fully saturated rings. The van der Waals surface area contributed by atoms with Gasteiger partial charge in [0.15, 0.2) is 11.4 Å². The number of hydroxylamine groups is 2. The molecule has 1 unspecified atom stereocenters. The number of phenolic OH excluding ortho intramolecular Hbond substituents is 1. The fraction of sp³-hybridized carbons (Fsp3) is 0.474. The van der Waals surface area contributed by atoms with Gasteiger partial charge in [0.2, 0.25) is 0 Å². The normalized spacial score (nSPS) is 22.1. The number of hydrogen-bond acceptors (Lipinski definition) is 2. The van der Waals surface area contributed by atoms with Crippen molar-refractivity contribution >= 4 is 5.69 Å². The lowest BCUT2D eigenvalue weighted by atomic mass is 9.79. The lowest BCUT2D eigenvalue weighted by Crippen LogP contribution is -2.38. The van der Waals surface area contributed by atoms with Crippen molar-refractivity contribution in [3.8, 4) is 5.75 Å². The summed E-state index contributed by atoms with van der Waals surface area (Å²) in [4.78, 5) is 0. The molecule has 3 nitrogen and oxygen atoms in total. The molecule has 1 atom stereocenters. The molecule has 1 aliphatic rings. The van der Waals surface area contributed by atoms with Gasteiger partial charge in [-0.3, -0.25) is 4.65 Å². The second-order valence-corrected chi connectivity index (χ2v) is 8.14. The minimum absolute atomic E-state index is 0.0864. The van der Waals surface area contributed by atoms with Crippen LogP contribution in [0.25, 0.3) is 0 Å². The maximum atomic E-state index is 13.1. The highest BCUT2D eigenvalue weighted by Crippen LogP contribution is 2.44. The monoisotopic (exact) mass is 301 g/mol. The molecule has 120 valence electrons. The van der Waals surface area contributed by atoms with E-state index in [1.54, 1.807) is 12.3 Å². The van der Waals surface area contributed by atoms with Gasteiger partial charge in [-0.05, 0) is 28.5 Å². The van der Waals surface area contributed by atoms with Crippen LogP contribution in [0, 0.1) is 5.21 Å². The molecule has 0 aliphatic carbocycles. The van der Waals surface area contributed by atoms with Gasteiger partial charge in [0.1, 0.15) is 12.7 Å². The van der Waals surface area contributed by atoms with Crippen LogP contribution in [0.2, 0.25) is 0 Å². The van der Waals surface area contributed by atoms with E-state index in [0.29, 0.717) is 12.2 Å². The number of benzene rings is 1. The van der Waals surface area contributed by atoms with Crippen LogP contribution in [0.5, 0.6) is 5.75 Å². The molecule has 0 saturated heterocycles. The quantitative estimate of drug-likeness (QED) is 0.593. The van der Waals surface area contributed by atoms with E-state index < -0.39 is 4.65 Å². The van der Waals surface area contributed by atoms with E-state index in [0.717, 1.165) is 11.1 Å². The molecule has 3 heteroatoms. The fourth-order valence-electron chi connectivity index (χ4n) is 2.64. The summed E-state index contributed by atoms with van der Waals surface area (Å²) in [7, 11) is 0. The zero-order chi connectivity index (χ0) is 16.8. The van der Waals surface area contributed by atoms with Gasteiger partial charge in [0.05, 0.1) is 0 Å². The van der Waals surface area contributed by atoms with Crippen LogP contribution >= 0.6 is 0 Å². The molecule has 0 bridgehead atoms. The lowest BCUT2D eigenvalue weighted by Gasteiger charge is -2.40. The Morgan fingerprint density at radius 3 is 2.09 bits per heavy atom. The zero-order valence-electron chi connectivity index (χ0n) is 14.5. The van der Waals surface area contributed by atoms with Crippen molar-refractivity contribution in [3.63, 3.8) is 0 Å². The Morgan fingerprint density at radius 2 is 1.64 bits per heavy atom. The third-order valence-electron chi connectivity index (χ3n) is 4.12. The second-order valence-electron chi connectivity index (χ2n) is 8.14. The van der Waals surface area contributed by atoms with E-state index >= 15 is 0 Å². The zero-order valence-corrected chi connectivity index (χ0v) is 14.5. The van der Waals surface area contributed by atoms with Crippen molar-refractivity contribution < 1.29 is 5.11 Å². The van der Waals surface area contributed by atoms with E-state index in [2.05, 4.69) is 41.5 Å². The van der Waals surface area contributed by atoms with Gasteiger partial charge in [-0.25, -0.2) is 0 Å². The molecule has 0 aromatic heterocycles. The SMILES string of the molecule is CC(C)(C)c1cc(C(C)(C)C)c(O)c([N+]2([O-])C=CC=CC2)c1. The van der Waals surface area contributed by atoms with Crippen molar-refractivity contribution in [2.75, 3.05) is 6.54 Å². The van der Waals surface area contributed by atoms with Crippen LogP contribution in [-0.2, 0) is 10.8 Å². The predicted octanol–water partition coefficient (Wildman–Crippen LogP) is 4.88. The molecule has 0 radical (unpaired) electrons. The maximum Gasteiger partial charge on any atom is 0.181 e. The fourth-order valence-corrected chi connectivity index (χ4v) is 2.64. The van der Waals surface area contributed by atoms with Crippen LogP contribution in [0.1, 0.15) is 52.7 Å². The molecule has 1 N–H and O–H groups in total. The topological polar surface area (TPSA) is 43.3 Å². The highest BCUT2D eigenvalue weighted by Gasteiger charge is 2.31. The van der Waals surface area contributed by atoms with E-state index in [-0.39, 0.29) is 16.6 Å². The summed E-state index contributed by atoms with van der Waals surface area (Å²) in [5, 5.41) is 23.9. The van der Waals surface area contributed by atoms with Crippen molar-refractivity contribution in [1.82, 2.24) is 4.65 Å². The lowest BCUT2D eigenvalue weighted by molar-refractivity contribution is 0.422. The van der Waals surface area contributed by atoms with Crippen molar-refractivity contribution in [2.24, 2.45) is 0 Å². The van der Waals surface area contributed by atoms with Gasteiger partial charge in [0, 0.05) is 11.6 Å². The summed E-state index contributed by atoms with van der Waals surface area (Å²) >= 11 is 0. The average molecular weight is 301 g/mol. The third-order valence-corrected chi connectivity index (χ3v) is 4.12. The Kier molecular flexibility index (Phi) is 4.01. The molecule has 1 aromatic carbocycles. The van der Waals surface area contributed by atoms with Crippen molar-refractivity contribution in [1.29, 1.82) is 0 Å². The second kappa shape index (κ2) is 5.25. The van der Waals surface area contributed by atoms with Gasteiger partial charge in [-0.2, -0.15) is 0 Å². The van der Waals surface area contributed by atoms with Crippen LogP contribution in [0.15, 0.2) is 36.6 Å². The molecular weight excluding hydrogens is 274 g/mol. The molecule has 0 saturated carbocycles. The molecule has 22 heavy (non-hydrogen) atoms. The number of phenols is 1. The van der Waals surface area contributed by atoms with Gasteiger partial charge in [-0.15, -0.1) is 0 Å². The first-order chi connectivity index (χ1) is 9.95. The summed E-state index contributed by atoms with van der Waals surface area (Å²) in [5.74, 6) is 0.121. The molecule has 1 heterocycles. The maximum absolute atomic E-state index is 13.1. The van der Waals surface area contributed by atoms with Gasteiger partial charge < -0.3 is 10.3 Å². The predicted molar refractivity (Wildman–Crippen MR) is 93.8 cm³/mol. The van der Waals surface area contributed by atoms with Gasteiger partial charge in [0.25, 0.3) is 0 Å². The molecule has 2 rings (SSSR count). The summed E-state index contributed by atoms with van der Waals surface area (Å²) in [6.45, 7) is 12.8. The first-order valence-electron chi connectivity index (χ1n) is 7.77. The van der Waals surface area contributed by atoms with Crippen LogP contribution in [0.4, 0.5) is 5.69 Å². The number of quaternary nitrogens is 1. The highest BCUT2D eigenvalue weighted by molar-refractivity contribution is 5.65. The van der Waals surface area contributed by atoms with E-state index in [9.17, 15) is 10.3 Å². The van der Waals surface area contributed by atoms with Crippen LogP contribution < -0.4 is 4.65 Å². The largest absolute Gasteiger partial charge is 0.622 e. The smallest absolute Gasteiger partial charge is 0.181 e. The van der Waals surface area contributed by atoms with Crippen molar-refractivity contribution in [2.45, 2.75) is 52.4 Å². The van der Waals surface area contributed by atoms with Crippen molar-refractivity contribution in [3.05, 3.63) is 52.9 Å². The number of aromatic hydroxyl groups is 1. The van der Waals surface area contributed by atoms with E-state index in [1.165, 1.54) is 0 Å². The number of nitrogens with zero attached hydrogens (tertiary/aromatic N) is 1. The highest BCUT2D eigenvalue weighted by atomic mass is 16.5. The first kappa shape index (κ1) is 16.8.